The van der Waals surface area contributed by atoms with Crippen LogP contribution in [0.1, 0.15) is 45.1 Å². The third-order valence-corrected chi connectivity index (χ3v) is 4.74. The zero-order valence-electron chi connectivity index (χ0n) is 14.4. The topological polar surface area (TPSA) is 9.23 Å². The average molecular weight is 314 g/mol. The predicted molar refractivity (Wildman–Crippen MR) is 98.9 cm³/mol. The Hall–Kier alpha value is -2.64. The maximum absolute atomic E-state index is 6.54. The number of fused-ring (bicyclic) bond motifs is 1. The molecule has 1 heteroatoms. The van der Waals surface area contributed by atoms with Gasteiger partial charge in [0.15, 0.2) is 0 Å². The van der Waals surface area contributed by atoms with Crippen molar-refractivity contribution < 1.29 is 4.74 Å². The third-order valence-electron chi connectivity index (χ3n) is 4.74. The predicted octanol–water partition coefficient (Wildman–Crippen LogP) is 5.92. The lowest BCUT2D eigenvalue weighted by Crippen LogP contribution is -2.38. The number of benzene rings is 1. The minimum Gasteiger partial charge on any atom is -0.482 e. The Morgan fingerprint density at radius 2 is 1.96 bits per heavy atom. The summed E-state index contributed by atoms with van der Waals surface area (Å²) in [4.78, 5) is 0. The van der Waals surface area contributed by atoms with Crippen molar-refractivity contribution in [3.05, 3.63) is 82.6 Å². The van der Waals surface area contributed by atoms with Crippen molar-refractivity contribution in [3.63, 3.8) is 0 Å². The molecule has 1 heterocycles. The summed E-state index contributed by atoms with van der Waals surface area (Å²) in [6, 6.07) is 8.28. The summed E-state index contributed by atoms with van der Waals surface area (Å²) in [7, 11) is 0. The van der Waals surface area contributed by atoms with Gasteiger partial charge in [0, 0.05) is 22.3 Å². The van der Waals surface area contributed by atoms with Gasteiger partial charge >= 0.3 is 0 Å². The van der Waals surface area contributed by atoms with Gasteiger partial charge in [-0.25, -0.2) is 0 Å². The summed E-state index contributed by atoms with van der Waals surface area (Å²) in [5.41, 5.74) is 15.8. The number of ether oxygens (including phenoxy) is 1. The summed E-state index contributed by atoms with van der Waals surface area (Å²) in [5.74, 6) is 0.965. The van der Waals surface area contributed by atoms with Gasteiger partial charge in [0.25, 0.3) is 0 Å². The number of para-hydroxylation sites is 1. The van der Waals surface area contributed by atoms with Gasteiger partial charge in [-0.1, -0.05) is 41.8 Å². The van der Waals surface area contributed by atoms with Crippen LogP contribution >= 0.6 is 0 Å². The molecular formula is C23H22O. The molecule has 0 aromatic heterocycles. The number of hydrogen-bond donors (Lipinski definition) is 0. The van der Waals surface area contributed by atoms with E-state index in [-0.39, 0.29) is 5.60 Å². The molecule has 3 rings (SSSR count). The third kappa shape index (κ3) is 2.79. The molecule has 1 aromatic carbocycles. The molecule has 0 N–H and O–H groups in total. The van der Waals surface area contributed by atoms with E-state index in [0.717, 1.165) is 29.7 Å². The first-order chi connectivity index (χ1) is 11.7. The molecule has 1 nitrogen and oxygen atoms in total. The molecule has 0 bridgehead atoms. The molecule has 2 aliphatic rings. The fourth-order valence-corrected chi connectivity index (χ4v) is 3.76. The summed E-state index contributed by atoms with van der Waals surface area (Å²) in [6.07, 6.45) is 8.83. The fourth-order valence-electron chi connectivity index (χ4n) is 3.76. The highest BCUT2D eigenvalue weighted by molar-refractivity contribution is 5.87. The Morgan fingerprint density at radius 3 is 2.67 bits per heavy atom. The highest BCUT2D eigenvalue weighted by Gasteiger charge is 2.43. The molecule has 1 aliphatic carbocycles. The highest BCUT2D eigenvalue weighted by atomic mass is 16.5. The lowest BCUT2D eigenvalue weighted by atomic mass is 9.80. The van der Waals surface area contributed by atoms with Crippen LogP contribution < -0.4 is 4.74 Å². The van der Waals surface area contributed by atoms with Crippen LogP contribution in [0.15, 0.2) is 77.1 Å². The van der Waals surface area contributed by atoms with E-state index in [1.54, 1.807) is 0 Å². The molecule has 1 saturated carbocycles. The smallest absolute Gasteiger partial charge is 0.135 e. The summed E-state index contributed by atoms with van der Waals surface area (Å²) in [5, 5.41) is 0. The first kappa shape index (κ1) is 16.2. The molecule has 0 atom stereocenters. The lowest BCUT2D eigenvalue weighted by Gasteiger charge is -2.38. The van der Waals surface area contributed by atoms with Crippen LogP contribution in [0.2, 0.25) is 0 Å². The first-order valence-corrected chi connectivity index (χ1v) is 8.50. The first-order valence-electron chi connectivity index (χ1n) is 8.50. The van der Waals surface area contributed by atoms with E-state index in [1.165, 1.54) is 24.0 Å². The van der Waals surface area contributed by atoms with Crippen LogP contribution in [-0.4, -0.2) is 5.60 Å². The monoisotopic (exact) mass is 314 g/mol. The van der Waals surface area contributed by atoms with Crippen LogP contribution in [0, 0.1) is 0 Å². The summed E-state index contributed by atoms with van der Waals surface area (Å²) in [6.45, 7) is 7.65. The van der Waals surface area contributed by atoms with E-state index in [4.69, 9.17) is 4.74 Å². The zero-order chi connectivity index (χ0) is 17.0. The van der Waals surface area contributed by atoms with E-state index in [9.17, 15) is 0 Å². The molecule has 0 radical (unpaired) electrons. The van der Waals surface area contributed by atoms with Crippen LogP contribution in [0.4, 0.5) is 0 Å². The highest BCUT2D eigenvalue weighted by Crippen LogP contribution is 2.50. The van der Waals surface area contributed by atoms with Gasteiger partial charge in [-0.05, 0) is 63.6 Å². The van der Waals surface area contributed by atoms with Gasteiger partial charge in [-0.3, -0.25) is 0 Å². The van der Waals surface area contributed by atoms with Crippen LogP contribution in [0.3, 0.4) is 0 Å². The second-order valence-corrected chi connectivity index (χ2v) is 6.27. The van der Waals surface area contributed by atoms with Gasteiger partial charge in [0.2, 0.25) is 0 Å². The quantitative estimate of drug-likeness (QED) is 0.616. The Labute approximate surface area is 144 Å². The second-order valence-electron chi connectivity index (χ2n) is 6.27. The molecule has 120 valence electrons. The van der Waals surface area contributed by atoms with E-state index in [1.807, 2.05) is 6.07 Å². The van der Waals surface area contributed by atoms with Gasteiger partial charge in [0.05, 0.1) is 0 Å². The van der Waals surface area contributed by atoms with E-state index >= 15 is 0 Å². The molecule has 1 aliphatic heterocycles. The Kier molecular flexibility index (Phi) is 4.64. The second kappa shape index (κ2) is 6.86. The van der Waals surface area contributed by atoms with Crippen molar-refractivity contribution in [2.45, 2.75) is 45.1 Å². The maximum Gasteiger partial charge on any atom is 0.135 e. The SMILES string of the molecule is C=C=C=C=C=C(C)C1=C(/C=C/C)C2(CCCC2)Oc2ccccc21. The largest absolute Gasteiger partial charge is 0.482 e. The molecular weight excluding hydrogens is 292 g/mol. The van der Waals surface area contributed by atoms with Crippen molar-refractivity contribution in [2.75, 3.05) is 0 Å². The molecule has 1 fully saturated rings. The van der Waals surface area contributed by atoms with Crippen molar-refractivity contribution in [3.8, 4) is 5.75 Å². The maximum atomic E-state index is 6.54. The van der Waals surface area contributed by atoms with Crippen LogP contribution in [0.25, 0.3) is 5.57 Å². The van der Waals surface area contributed by atoms with E-state index < -0.39 is 0 Å². The van der Waals surface area contributed by atoms with Gasteiger partial charge < -0.3 is 4.74 Å². The molecule has 0 amide bonds. The van der Waals surface area contributed by atoms with Gasteiger partial charge in [0.1, 0.15) is 11.4 Å². The van der Waals surface area contributed by atoms with Crippen molar-refractivity contribution in [1.29, 1.82) is 0 Å². The van der Waals surface area contributed by atoms with Crippen molar-refractivity contribution in [1.82, 2.24) is 0 Å². The van der Waals surface area contributed by atoms with Crippen molar-refractivity contribution >= 4 is 5.57 Å². The lowest BCUT2D eigenvalue weighted by molar-refractivity contribution is 0.115. The molecule has 1 aromatic rings. The molecule has 1 spiro atoms. The average Bonchev–Trinajstić information content (AvgIpc) is 3.05. The van der Waals surface area contributed by atoms with E-state index in [2.05, 4.69) is 73.7 Å². The fraction of sp³-hybridized carbons (Fsp3) is 0.304. The molecule has 24 heavy (non-hydrogen) atoms. The number of hydrogen-bond acceptors (Lipinski definition) is 1. The standard InChI is InChI=1S/C23H22O/c1-4-6-7-13-18(3)22-19-14-8-9-15-21(19)24-23(16-10-11-17-23)20(22)12-5-2/h5,8-9,12,14-15H,1,10-11,16-17H2,2-3H3/b12-5+. The Balaban J connectivity index is 2.36. The molecule has 0 unspecified atom stereocenters. The normalized spacial score (nSPS) is 17.6. The molecule has 0 saturated heterocycles. The summed E-state index contributed by atoms with van der Waals surface area (Å²) >= 11 is 0. The zero-order valence-corrected chi connectivity index (χ0v) is 14.4. The van der Waals surface area contributed by atoms with Crippen LogP contribution in [0.5, 0.6) is 5.75 Å². The van der Waals surface area contributed by atoms with Gasteiger partial charge in [-0.2, -0.15) is 0 Å². The van der Waals surface area contributed by atoms with Crippen molar-refractivity contribution in [2.24, 2.45) is 0 Å². The Morgan fingerprint density at radius 1 is 1.21 bits per heavy atom. The number of allylic oxidation sites excluding steroid dienone is 3. The van der Waals surface area contributed by atoms with E-state index in [0.29, 0.717) is 0 Å². The Bertz CT molecular complexity index is 864. The summed E-state index contributed by atoms with van der Waals surface area (Å²) < 4.78 is 6.54. The minimum absolute atomic E-state index is 0.211. The van der Waals surface area contributed by atoms with Gasteiger partial charge in [-0.15, -0.1) is 0 Å². The number of rotatable bonds is 2. The van der Waals surface area contributed by atoms with Crippen LogP contribution in [-0.2, 0) is 0 Å². The minimum atomic E-state index is -0.211.